The standard InChI is InChI=1S/C12H19N3O4/c16-10-8-14(7-5-13-10)12(19)15-6-3-1-2-4-9(15)11(17)18/h9H,1-8H2,(H,13,16)(H,17,18). The fourth-order valence-corrected chi connectivity index (χ4v) is 2.58. The van der Waals surface area contributed by atoms with Crippen LogP contribution in [0.4, 0.5) is 4.79 Å². The number of piperazine rings is 1. The van der Waals surface area contributed by atoms with Crippen LogP contribution in [0.5, 0.6) is 0 Å². The van der Waals surface area contributed by atoms with Crippen molar-refractivity contribution in [3.8, 4) is 0 Å². The first-order valence-electron chi connectivity index (χ1n) is 6.64. The lowest BCUT2D eigenvalue weighted by Crippen LogP contribution is -2.57. The van der Waals surface area contributed by atoms with E-state index in [4.69, 9.17) is 0 Å². The average molecular weight is 269 g/mol. The van der Waals surface area contributed by atoms with Gasteiger partial charge in [0.05, 0.1) is 0 Å². The first kappa shape index (κ1) is 13.6. The second-order valence-electron chi connectivity index (χ2n) is 4.95. The molecular weight excluding hydrogens is 250 g/mol. The Morgan fingerprint density at radius 1 is 1.21 bits per heavy atom. The van der Waals surface area contributed by atoms with E-state index >= 15 is 0 Å². The van der Waals surface area contributed by atoms with Gasteiger partial charge in [-0.1, -0.05) is 12.8 Å². The molecule has 2 fully saturated rings. The molecule has 0 aliphatic carbocycles. The molecule has 3 amide bonds. The van der Waals surface area contributed by atoms with Gasteiger partial charge in [0.1, 0.15) is 12.6 Å². The lowest BCUT2D eigenvalue weighted by atomic mass is 10.1. The van der Waals surface area contributed by atoms with E-state index in [9.17, 15) is 19.5 Å². The SMILES string of the molecule is O=C1CN(C(=O)N2CCCCCC2C(=O)O)CCN1. The zero-order valence-electron chi connectivity index (χ0n) is 10.8. The summed E-state index contributed by atoms with van der Waals surface area (Å²) in [7, 11) is 0. The number of carbonyl (C=O) groups is 3. The van der Waals surface area contributed by atoms with Crippen LogP contribution in [0.2, 0.25) is 0 Å². The highest BCUT2D eigenvalue weighted by Gasteiger charge is 2.34. The molecule has 2 rings (SSSR count). The number of nitrogens with one attached hydrogen (secondary N) is 1. The van der Waals surface area contributed by atoms with Gasteiger partial charge in [0.2, 0.25) is 5.91 Å². The van der Waals surface area contributed by atoms with Crippen LogP contribution in [-0.4, -0.2) is 65.0 Å². The van der Waals surface area contributed by atoms with E-state index in [0.717, 1.165) is 19.3 Å². The third-order valence-electron chi connectivity index (χ3n) is 3.59. The van der Waals surface area contributed by atoms with Crippen molar-refractivity contribution >= 4 is 17.9 Å². The highest BCUT2D eigenvalue weighted by molar-refractivity contribution is 5.87. The van der Waals surface area contributed by atoms with Gasteiger partial charge >= 0.3 is 12.0 Å². The lowest BCUT2D eigenvalue weighted by Gasteiger charge is -2.34. The van der Waals surface area contributed by atoms with Gasteiger partial charge in [-0.3, -0.25) is 4.79 Å². The van der Waals surface area contributed by atoms with E-state index in [1.54, 1.807) is 0 Å². The highest BCUT2D eigenvalue weighted by atomic mass is 16.4. The number of aliphatic carboxylic acids is 1. The van der Waals surface area contributed by atoms with Crippen molar-refractivity contribution in [1.82, 2.24) is 15.1 Å². The maximum absolute atomic E-state index is 12.4. The fourth-order valence-electron chi connectivity index (χ4n) is 2.58. The molecule has 7 nitrogen and oxygen atoms in total. The number of carbonyl (C=O) groups excluding carboxylic acids is 2. The average Bonchev–Trinajstić information content (AvgIpc) is 2.63. The topological polar surface area (TPSA) is 90.0 Å². The molecule has 0 radical (unpaired) electrons. The van der Waals surface area contributed by atoms with Gasteiger partial charge in [-0.05, 0) is 12.8 Å². The van der Waals surface area contributed by atoms with Crippen molar-refractivity contribution in [2.75, 3.05) is 26.2 Å². The Hall–Kier alpha value is -1.79. The van der Waals surface area contributed by atoms with E-state index in [-0.39, 0.29) is 18.5 Å². The molecule has 7 heteroatoms. The Kier molecular flexibility index (Phi) is 4.24. The van der Waals surface area contributed by atoms with Crippen LogP contribution >= 0.6 is 0 Å². The van der Waals surface area contributed by atoms with Crippen LogP contribution in [0.15, 0.2) is 0 Å². The molecule has 1 unspecified atom stereocenters. The molecule has 0 aromatic heterocycles. The van der Waals surface area contributed by atoms with Gasteiger partial charge in [0.25, 0.3) is 0 Å². The van der Waals surface area contributed by atoms with Gasteiger partial charge in [-0.2, -0.15) is 0 Å². The fraction of sp³-hybridized carbons (Fsp3) is 0.750. The first-order chi connectivity index (χ1) is 9.09. The van der Waals surface area contributed by atoms with E-state index < -0.39 is 12.0 Å². The lowest BCUT2D eigenvalue weighted by molar-refractivity contribution is -0.142. The molecule has 0 saturated carbocycles. The van der Waals surface area contributed by atoms with E-state index in [1.807, 2.05) is 0 Å². The van der Waals surface area contributed by atoms with Crippen molar-refractivity contribution in [1.29, 1.82) is 0 Å². The number of carboxylic acids is 1. The Balaban J connectivity index is 2.09. The van der Waals surface area contributed by atoms with E-state index in [0.29, 0.717) is 26.1 Å². The Bertz CT molecular complexity index is 385. The Labute approximate surface area is 111 Å². The molecule has 0 aromatic rings. The number of likely N-dealkylation sites (tertiary alicyclic amines) is 1. The summed E-state index contributed by atoms with van der Waals surface area (Å²) in [5, 5.41) is 11.9. The smallest absolute Gasteiger partial charge is 0.326 e. The summed E-state index contributed by atoms with van der Waals surface area (Å²) >= 11 is 0. The van der Waals surface area contributed by atoms with Crippen molar-refractivity contribution in [3.63, 3.8) is 0 Å². The van der Waals surface area contributed by atoms with Crippen LogP contribution in [-0.2, 0) is 9.59 Å². The number of hydrogen-bond donors (Lipinski definition) is 2. The van der Waals surface area contributed by atoms with E-state index in [1.165, 1.54) is 9.80 Å². The van der Waals surface area contributed by atoms with E-state index in [2.05, 4.69) is 5.32 Å². The molecular formula is C12H19N3O4. The van der Waals surface area contributed by atoms with Crippen LogP contribution in [0.3, 0.4) is 0 Å². The zero-order valence-corrected chi connectivity index (χ0v) is 10.8. The number of hydrogen-bond acceptors (Lipinski definition) is 3. The van der Waals surface area contributed by atoms with Gasteiger partial charge in [0, 0.05) is 19.6 Å². The molecule has 0 spiro atoms. The quantitative estimate of drug-likeness (QED) is 0.693. The monoisotopic (exact) mass is 269 g/mol. The molecule has 0 bridgehead atoms. The number of amides is 3. The van der Waals surface area contributed by atoms with Crippen LogP contribution in [0.1, 0.15) is 25.7 Å². The molecule has 2 N–H and O–H groups in total. The van der Waals surface area contributed by atoms with Crippen molar-refractivity contribution in [2.45, 2.75) is 31.7 Å². The second-order valence-corrected chi connectivity index (χ2v) is 4.95. The normalized spacial score (nSPS) is 24.6. The number of nitrogens with zero attached hydrogens (tertiary/aromatic N) is 2. The zero-order chi connectivity index (χ0) is 13.8. The summed E-state index contributed by atoms with van der Waals surface area (Å²) in [5.74, 6) is -1.15. The number of rotatable bonds is 1. The highest BCUT2D eigenvalue weighted by Crippen LogP contribution is 2.19. The largest absolute Gasteiger partial charge is 0.480 e. The van der Waals surface area contributed by atoms with Crippen molar-refractivity contribution in [3.05, 3.63) is 0 Å². The van der Waals surface area contributed by atoms with Crippen LogP contribution in [0.25, 0.3) is 0 Å². The number of urea groups is 1. The molecule has 0 aromatic carbocycles. The minimum absolute atomic E-state index is 0.0155. The summed E-state index contributed by atoms with van der Waals surface area (Å²) in [6, 6.07) is -1.09. The maximum Gasteiger partial charge on any atom is 0.326 e. The molecule has 2 saturated heterocycles. The Morgan fingerprint density at radius 2 is 2.00 bits per heavy atom. The minimum atomic E-state index is -0.961. The molecule has 2 aliphatic heterocycles. The minimum Gasteiger partial charge on any atom is -0.480 e. The van der Waals surface area contributed by atoms with Gasteiger partial charge in [-0.15, -0.1) is 0 Å². The summed E-state index contributed by atoms with van der Waals surface area (Å²) in [5.41, 5.74) is 0. The molecule has 19 heavy (non-hydrogen) atoms. The van der Waals surface area contributed by atoms with Crippen molar-refractivity contribution < 1.29 is 19.5 Å². The molecule has 2 heterocycles. The van der Waals surface area contributed by atoms with Crippen LogP contribution < -0.4 is 5.32 Å². The van der Waals surface area contributed by atoms with Gasteiger partial charge < -0.3 is 20.2 Å². The second kappa shape index (κ2) is 5.90. The summed E-state index contributed by atoms with van der Waals surface area (Å²) < 4.78 is 0. The predicted molar refractivity (Wildman–Crippen MR) is 66.6 cm³/mol. The van der Waals surface area contributed by atoms with Gasteiger partial charge in [0.15, 0.2) is 0 Å². The first-order valence-corrected chi connectivity index (χ1v) is 6.64. The maximum atomic E-state index is 12.4. The van der Waals surface area contributed by atoms with Crippen molar-refractivity contribution in [2.24, 2.45) is 0 Å². The predicted octanol–water partition coefficient (Wildman–Crippen LogP) is -0.133. The third kappa shape index (κ3) is 3.15. The molecule has 2 aliphatic rings. The molecule has 1 atom stereocenters. The summed E-state index contributed by atoms with van der Waals surface area (Å²) in [6.07, 6.45) is 3.06. The summed E-state index contributed by atoms with van der Waals surface area (Å²) in [4.78, 5) is 37.8. The van der Waals surface area contributed by atoms with Gasteiger partial charge in [-0.25, -0.2) is 9.59 Å². The van der Waals surface area contributed by atoms with Crippen LogP contribution in [0, 0.1) is 0 Å². The summed E-state index contributed by atoms with van der Waals surface area (Å²) in [6.45, 7) is 1.33. The Morgan fingerprint density at radius 3 is 2.68 bits per heavy atom. The molecule has 106 valence electrons. The number of carboxylic acid groups (broad SMARTS) is 1. The third-order valence-corrected chi connectivity index (χ3v) is 3.59.